The van der Waals surface area contributed by atoms with Crippen LogP contribution >= 0.6 is 12.6 Å². The molecule has 1 heterocycles. The predicted octanol–water partition coefficient (Wildman–Crippen LogP) is 5.38. The van der Waals surface area contributed by atoms with E-state index in [4.69, 9.17) is 0 Å². The molecule has 0 fully saturated rings. The molecule has 0 saturated carbocycles. The Bertz CT molecular complexity index is 913. The monoisotopic (exact) mass is 289 g/mol. The number of thiol groups is 1. The first kappa shape index (κ1) is 12.5. The molecule has 1 nitrogen and oxygen atoms in total. The summed E-state index contributed by atoms with van der Waals surface area (Å²) in [5, 5.41) is 2.58. The molecule has 0 unspecified atom stereocenters. The molecule has 0 saturated heterocycles. The molecule has 0 radical (unpaired) electrons. The SMILES string of the molecule is Cc1cc(-n2c3ccccc3c3ccccc32)ccc1S. The molecule has 0 bridgehead atoms. The molecule has 0 amide bonds. The Morgan fingerprint density at radius 1 is 0.762 bits per heavy atom. The molecule has 0 atom stereocenters. The minimum atomic E-state index is 1.03. The van der Waals surface area contributed by atoms with Crippen molar-refractivity contribution in [2.75, 3.05) is 0 Å². The quantitative estimate of drug-likeness (QED) is 0.449. The van der Waals surface area contributed by atoms with Crippen LogP contribution in [0, 0.1) is 6.92 Å². The Kier molecular flexibility index (Phi) is 2.79. The first-order chi connectivity index (χ1) is 10.3. The van der Waals surface area contributed by atoms with Gasteiger partial charge >= 0.3 is 0 Å². The van der Waals surface area contributed by atoms with Gasteiger partial charge in [0.1, 0.15) is 0 Å². The second-order valence-corrected chi connectivity index (χ2v) is 5.82. The highest BCUT2D eigenvalue weighted by atomic mass is 32.1. The van der Waals surface area contributed by atoms with E-state index in [1.807, 2.05) is 0 Å². The third-order valence-corrected chi connectivity index (χ3v) is 4.52. The van der Waals surface area contributed by atoms with Crippen LogP contribution in [0.5, 0.6) is 0 Å². The fraction of sp³-hybridized carbons (Fsp3) is 0.0526. The lowest BCUT2D eigenvalue weighted by Crippen LogP contribution is -1.94. The van der Waals surface area contributed by atoms with Crippen molar-refractivity contribution in [1.29, 1.82) is 0 Å². The van der Waals surface area contributed by atoms with Crippen molar-refractivity contribution < 1.29 is 0 Å². The molecule has 2 heteroatoms. The average Bonchev–Trinajstić information content (AvgIpc) is 2.85. The number of hydrogen-bond acceptors (Lipinski definition) is 1. The van der Waals surface area contributed by atoms with E-state index in [0.717, 1.165) is 4.90 Å². The fourth-order valence-corrected chi connectivity index (χ4v) is 3.12. The maximum Gasteiger partial charge on any atom is 0.0541 e. The third-order valence-electron chi connectivity index (χ3n) is 4.02. The Balaban J connectivity index is 2.17. The summed E-state index contributed by atoms with van der Waals surface area (Å²) in [7, 11) is 0. The molecule has 0 spiro atoms. The van der Waals surface area contributed by atoms with Crippen molar-refractivity contribution in [3.63, 3.8) is 0 Å². The number of para-hydroxylation sites is 2. The highest BCUT2D eigenvalue weighted by Crippen LogP contribution is 2.32. The van der Waals surface area contributed by atoms with Crippen LogP contribution in [0.2, 0.25) is 0 Å². The molecular weight excluding hydrogens is 274 g/mol. The van der Waals surface area contributed by atoms with Crippen molar-refractivity contribution in [3.8, 4) is 5.69 Å². The number of fused-ring (bicyclic) bond motifs is 3. The van der Waals surface area contributed by atoms with E-state index in [9.17, 15) is 0 Å². The van der Waals surface area contributed by atoms with Crippen molar-refractivity contribution >= 4 is 34.4 Å². The van der Waals surface area contributed by atoms with Gasteiger partial charge in [0, 0.05) is 21.4 Å². The first-order valence-electron chi connectivity index (χ1n) is 7.04. The van der Waals surface area contributed by atoms with Gasteiger partial charge in [0.05, 0.1) is 11.0 Å². The van der Waals surface area contributed by atoms with Crippen LogP contribution in [-0.2, 0) is 0 Å². The van der Waals surface area contributed by atoms with Gasteiger partial charge in [-0.3, -0.25) is 0 Å². The summed E-state index contributed by atoms with van der Waals surface area (Å²) in [6.07, 6.45) is 0. The van der Waals surface area contributed by atoms with Gasteiger partial charge in [0.25, 0.3) is 0 Å². The van der Waals surface area contributed by atoms with E-state index in [0.29, 0.717) is 0 Å². The van der Waals surface area contributed by atoms with Gasteiger partial charge in [-0.1, -0.05) is 36.4 Å². The molecule has 4 rings (SSSR count). The first-order valence-corrected chi connectivity index (χ1v) is 7.48. The Labute approximate surface area is 129 Å². The average molecular weight is 289 g/mol. The number of aryl methyl sites for hydroxylation is 1. The van der Waals surface area contributed by atoms with Crippen LogP contribution in [0.15, 0.2) is 71.6 Å². The predicted molar refractivity (Wildman–Crippen MR) is 92.8 cm³/mol. The van der Waals surface area contributed by atoms with Crippen molar-refractivity contribution in [2.24, 2.45) is 0 Å². The molecule has 0 aliphatic heterocycles. The summed E-state index contributed by atoms with van der Waals surface area (Å²) in [5.74, 6) is 0. The number of hydrogen-bond donors (Lipinski definition) is 1. The number of benzene rings is 3. The summed E-state index contributed by atoms with van der Waals surface area (Å²) in [6, 6.07) is 23.5. The van der Waals surface area contributed by atoms with Gasteiger partial charge in [-0.05, 0) is 42.8 Å². The molecule has 0 N–H and O–H groups in total. The van der Waals surface area contributed by atoms with Crippen LogP contribution in [0.4, 0.5) is 0 Å². The normalized spacial score (nSPS) is 11.3. The smallest absolute Gasteiger partial charge is 0.0541 e. The Morgan fingerprint density at radius 2 is 1.33 bits per heavy atom. The lowest BCUT2D eigenvalue weighted by atomic mass is 10.2. The lowest BCUT2D eigenvalue weighted by molar-refractivity contribution is 1.15. The molecule has 0 aliphatic carbocycles. The van der Waals surface area contributed by atoms with Gasteiger partial charge in [0.15, 0.2) is 0 Å². The number of aromatic nitrogens is 1. The molecule has 1 aromatic heterocycles. The fourth-order valence-electron chi connectivity index (χ4n) is 2.98. The summed E-state index contributed by atoms with van der Waals surface area (Å²) in [6.45, 7) is 2.10. The molecule has 3 aromatic carbocycles. The van der Waals surface area contributed by atoms with E-state index in [1.165, 1.54) is 33.1 Å². The summed E-state index contributed by atoms with van der Waals surface area (Å²) in [4.78, 5) is 1.03. The van der Waals surface area contributed by atoms with E-state index >= 15 is 0 Å². The van der Waals surface area contributed by atoms with Crippen LogP contribution in [0.1, 0.15) is 5.56 Å². The lowest BCUT2D eigenvalue weighted by Gasteiger charge is -2.09. The van der Waals surface area contributed by atoms with Crippen molar-refractivity contribution in [2.45, 2.75) is 11.8 Å². The summed E-state index contributed by atoms with van der Waals surface area (Å²) in [5.41, 5.74) is 4.86. The van der Waals surface area contributed by atoms with E-state index in [1.54, 1.807) is 0 Å². The molecule has 4 aromatic rings. The standard InChI is InChI=1S/C19H15NS/c1-13-12-14(10-11-19(13)21)20-17-8-4-2-6-15(17)16-7-3-5-9-18(16)20/h2-12,21H,1H3. The minimum Gasteiger partial charge on any atom is -0.309 e. The third kappa shape index (κ3) is 1.87. The zero-order valence-corrected chi connectivity index (χ0v) is 12.6. The van der Waals surface area contributed by atoms with Crippen LogP contribution in [0.3, 0.4) is 0 Å². The van der Waals surface area contributed by atoms with Crippen LogP contribution < -0.4 is 0 Å². The second-order valence-electron chi connectivity index (χ2n) is 5.34. The Hall–Kier alpha value is -2.19. The van der Waals surface area contributed by atoms with Gasteiger partial charge in [-0.2, -0.15) is 0 Å². The van der Waals surface area contributed by atoms with Gasteiger partial charge < -0.3 is 4.57 Å². The molecule has 0 aliphatic rings. The summed E-state index contributed by atoms with van der Waals surface area (Å²) < 4.78 is 2.32. The topological polar surface area (TPSA) is 4.93 Å². The van der Waals surface area contributed by atoms with E-state index < -0.39 is 0 Å². The van der Waals surface area contributed by atoms with Crippen molar-refractivity contribution in [3.05, 3.63) is 72.3 Å². The van der Waals surface area contributed by atoms with Gasteiger partial charge in [0.2, 0.25) is 0 Å². The summed E-state index contributed by atoms with van der Waals surface area (Å²) >= 11 is 4.48. The minimum absolute atomic E-state index is 1.03. The van der Waals surface area contributed by atoms with Crippen LogP contribution in [0.25, 0.3) is 27.5 Å². The molecule has 21 heavy (non-hydrogen) atoms. The highest BCUT2D eigenvalue weighted by Gasteiger charge is 2.11. The number of nitrogens with zero attached hydrogens (tertiary/aromatic N) is 1. The molecular formula is C19H15NS. The van der Waals surface area contributed by atoms with Crippen LogP contribution in [-0.4, -0.2) is 4.57 Å². The highest BCUT2D eigenvalue weighted by molar-refractivity contribution is 7.80. The van der Waals surface area contributed by atoms with Crippen molar-refractivity contribution in [1.82, 2.24) is 4.57 Å². The maximum absolute atomic E-state index is 4.48. The van der Waals surface area contributed by atoms with Gasteiger partial charge in [-0.25, -0.2) is 0 Å². The van der Waals surface area contributed by atoms with E-state index in [2.05, 4.69) is 90.8 Å². The Morgan fingerprint density at radius 3 is 1.90 bits per heavy atom. The van der Waals surface area contributed by atoms with Gasteiger partial charge in [-0.15, -0.1) is 12.6 Å². The molecule has 102 valence electrons. The zero-order chi connectivity index (χ0) is 14.4. The number of rotatable bonds is 1. The van der Waals surface area contributed by atoms with E-state index in [-0.39, 0.29) is 0 Å². The largest absolute Gasteiger partial charge is 0.309 e. The zero-order valence-electron chi connectivity index (χ0n) is 11.7. The maximum atomic E-state index is 4.48. The second kappa shape index (κ2) is 4.68.